The molecule has 2 aliphatic rings. The largest absolute Gasteiger partial charge is 0.465 e. The van der Waals surface area contributed by atoms with Crippen molar-refractivity contribution in [3.05, 3.63) is 69.7 Å². The Balaban J connectivity index is 1.62. The zero-order valence-corrected chi connectivity index (χ0v) is 17.9. The molecule has 1 N–H and O–H groups in total. The molecule has 2 fully saturated rings. The number of hydrogen-bond donors (Lipinski definition) is 1. The summed E-state index contributed by atoms with van der Waals surface area (Å²) in [4.78, 5) is 39.9. The average Bonchev–Trinajstić information content (AvgIpc) is 3.35. The van der Waals surface area contributed by atoms with Gasteiger partial charge in [0.15, 0.2) is 0 Å². The van der Waals surface area contributed by atoms with E-state index in [4.69, 9.17) is 27.9 Å². The van der Waals surface area contributed by atoms with Crippen LogP contribution in [0.2, 0.25) is 10.0 Å². The van der Waals surface area contributed by atoms with Crippen molar-refractivity contribution in [3.8, 4) is 0 Å². The van der Waals surface area contributed by atoms with Crippen LogP contribution in [-0.2, 0) is 16.0 Å². The lowest BCUT2D eigenvalue weighted by Gasteiger charge is -2.25. The SMILES string of the molecule is O=C(O)N1C[C@@H](C(=O)N2C(=O)OC[C@H]2Cc2ccccc2)[C@H](c2ccc(Cl)c(Cl)c2)C1. The highest BCUT2D eigenvalue weighted by Crippen LogP contribution is 2.37. The predicted octanol–water partition coefficient (Wildman–Crippen LogP) is 4.28. The molecule has 0 unspecified atom stereocenters. The van der Waals surface area contributed by atoms with Crippen LogP contribution < -0.4 is 0 Å². The van der Waals surface area contributed by atoms with Gasteiger partial charge in [-0.2, -0.15) is 0 Å². The molecule has 2 aromatic rings. The molecule has 0 aromatic heterocycles. The first-order chi connectivity index (χ1) is 14.8. The summed E-state index contributed by atoms with van der Waals surface area (Å²) in [5.74, 6) is -1.63. The van der Waals surface area contributed by atoms with Crippen LogP contribution in [-0.4, -0.2) is 58.7 Å². The van der Waals surface area contributed by atoms with E-state index in [0.717, 1.165) is 10.5 Å². The van der Waals surface area contributed by atoms with Crippen LogP contribution in [0.1, 0.15) is 17.0 Å². The lowest BCUT2D eigenvalue weighted by atomic mass is 9.87. The van der Waals surface area contributed by atoms with Crippen molar-refractivity contribution in [1.29, 1.82) is 0 Å². The Morgan fingerprint density at radius 3 is 2.48 bits per heavy atom. The van der Waals surface area contributed by atoms with Crippen molar-refractivity contribution in [3.63, 3.8) is 0 Å². The fourth-order valence-corrected chi connectivity index (χ4v) is 4.54. The van der Waals surface area contributed by atoms with E-state index in [0.29, 0.717) is 22.0 Å². The second-order valence-electron chi connectivity index (χ2n) is 7.70. The van der Waals surface area contributed by atoms with Gasteiger partial charge in [-0.25, -0.2) is 14.5 Å². The maximum Gasteiger partial charge on any atom is 0.416 e. The second kappa shape index (κ2) is 8.77. The fourth-order valence-electron chi connectivity index (χ4n) is 4.24. The molecule has 2 heterocycles. The second-order valence-corrected chi connectivity index (χ2v) is 8.52. The monoisotopic (exact) mass is 462 g/mol. The van der Waals surface area contributed by atoms with Gasteiger partial charge in [-0.1, -0.05) is 59.6 Å². The summed E-state index contributed by atoms with van der Waals surface area (Å²) in [6.07, 6.45) is -1.36. The summed E-state index contributed by atoms with van der Waals surface area (Å²) in [6, 6.07) is 14.1. The van der Waals surface area contributed by atoms with Gasteiger partial charge in [-0.15, -0.1) is 0 Å². The third kappa shape index (κ3) is 4.34. The molecular weight excluding hydrogens is 443 g/mol. The number of halogens is 2. The number of amides is 3. The number of imide groups is 1. The number of carbonyl (C=O) groups excluding carboxylic acids is 2. The minimum Gasteiger partial charge on any atom is -0.465 e. The first-order valence-electron chi connectivity index (χ1n) is 9.81. The summed E-state index contributed by atoms with van der Waals surface area (Å²) >= 11 is 12.2. The third-order valence-electron chi connectivity index (χ3n) is 5.79. The fraction of sp³-hybridized carbons (Fsp3) is 0.318. The standard InChI is InChI=1S/C22H20Cl2N2O5/c23-18-7-6-14(9-19(18)24)16-10-25(21(28)29)11-17(16)20(27)26-15(12-31-22(26)30)8-13-4-2-1-3-5-13/h1-7,9,15-17H,8,10-12H2,(H,28,29)/t15-,16+,17-/m1/s1. The smallest absolute Gasteiger partial charge is 0.416 e. The van der Waals surface area contributed by atoms with Crippen molar-refractivity contribution in [2.45, 2.75) is 18.4 Å². The molecule has 2 aromatic carbocycles. The zero-order valence-electron chi connectivity index (χ0n) is 16.4. The number of likely N-dealkylation sites (tertiary alicyclic amines) is 1. The van der Waals surface area contributed by atoms with E-state index < -0.39 is 36.0 Å². The quantitative estimate of drug-likeness (QED) is 0.732. The minimum absolute atomic E-state index is 0.0130. The summed E-state index contributed by atoms with van der Waals surface area (Å²) in [6.45, 7) is 0.211. The highest BCUT2D eigenvalue weighted by molar-refractivity contribution is 6.42. The van der Waals surface area contributed by atoms with E-state index in [1.54, 1.807) is 18.2 Å². The van der Waals surface area contributed by atoms with Gasteiger partial charge in [-0.05, 0) is 29.7 Å². The predicted molar refractivity (Wildman–Crippen MR) is 114 cm³/mol. The molecule has 9 heteroatoms. The number of nitrogens with zero attached hydrogens (tertiary/aromatic N) is 2. The molecule has 0 saturated carbocycles. The third-order valence-corrected chi connectivity index (χ3v) is 6.53. The topological polar surface area (TPSA) is 87.2 Å². The van der Waals surface area contributed by atoms with E-state index in [1.807, 2.05) is 30.3 Å². The van der Waals surface area contributed by atoms with E-state index in [1.165, 1.54) is 4.90 Å². The Morgan fingerprint density at radius 1 is 1.06 bits per heavy atom. The molecule has 4 rings (SSSR count). The van der Waals surface area contributed by atoms with Crippen LogP contribution in [0.4, 0.5) is 9.59 Å². The Bertz CT molecular complexity index is 1020. The van der Waals surface area contributed by atoms with Crippen molar-refractivity contribution in [2.24, 2.45) is 5.92 Å². The normalized spacial score (nSPS) is 23.2. The molecule has 0 bridgehead atoms. The summed E-state index contributed by atoms with van der Waals surface area (Å²) in [7, 11) is 0. The highest BCUT2D eigenvalue weighted by atomic mass is 35.5. The number of hydrogen-bond acceptors (Lipinski definition) is 4. The van der Waals surface area contributed by atoms with Crippen LogP contribution in [0, 0.1) is 5.92 Å². The van der Waals surface area contributed by atoms with Gasteiger partial charge in [0.05, 0.1) is 22.0 Å². The molecule has 3 atom stereocenters. The van der Waals surface area contributed by atoms with Crippen LogP contribution in [0.5, 0.6) is 0 Å². The van der Waals surface area contributed by atoms with Gasteiger partial charge >= 0.3 is 12.2 Å². The molecule has 162 valence electrons. The lowest BCUT2D eigenvalue weighted by Crippen LogP contribution is -2.45. The van der Waals surface area contributed by atoms with Crippen LogP contribution in [0.15, 0.2) is 48.5 Å². The summed E-state index contributed by atoms with van der Waals surface area (Å²) < 4.78 is 5.18. The number of rotatable bonds is 4. The molecular formula is C22H20Cl2N2O5. The first kappa shape index (κ1) is 21.5. The number of ether oxygens (including phenoxy) is 1. The summed E-state index contributed by atoms with van der Waals surface area (Å²) in [5.41, 5.74) is 1.67. The number of carbonyl (C=O) groups is 3. The van der Waals surface area contributed by atoms with Crippen LogP contribution in [0.25, 0.3) is 0 Å². The Labute approximate surface area is 189 Å². The molecule has 0 spiro atoms. The summed E-state index contributed by atoms with van der Waals surface area (Å²) in [5, 5.41) is 10.2. The molecule has 0 radical (unpaired) electrons. The van der Waals surface area contributed by atoms with Crippen molar-refractivity contribution >= 4 is 41.3 Å². The molecule has 0 aliphatic carbocycles. The van der Waals surface area contributed by atoms with Gasteiger partial charge in [-0.3, -0.25) is 4.79 Å². The average molecular weight is 463 g/mol. The minimum atomic E-state index is -1.12. The van der Waals surface area contributed by atoms with E-state index in [9.17, 15) is 19.5 Å². The van der Waals surface area contributed by atoms with E-state index >= 15 is 0 Å². The van der Waals surface area contributed by atoms with Gasteiger partial charge in [0.1, 0.15) is 6.61 Å². The Hall–Kier alpha value is -2.77. The van der Waals surface area contributed by atoms with Gasteiger partial charge in [0.2, 0.25) is 5.91 Å². The maximum atomic E-state index is 13.5. The van der Waals surface area contributed by atoms with Crippen molar-refractivity contribution in [2.75, 3.05) is 19.7 Å². The number of benzene rings is 2. The molecule has 2 saturated heterocycles. The van der Waals surface area contributed by atoms with Gasteiger partial charge < -0.3 is 14.7 Å². The van der Waals surface area contributed by atoms with Crippen molar-refractivity contribution < 1.29 is 24.2 Å². The van der Waals surface area contributed by atoms with Gasteiger partial charge in [0, 0.05) is 19.0 Å². The number of cyclic esters (lactones) is 1. The molecule has 31 heavy (non-hydrogen) atoms. The first-order valence-corrected chi connectivity index (χ1v) is 10.6. The lowest BCUT2D eigenvalue weighted by molar-refractivity contribution is -0.133. The van der Waals surface area contributed by atoms with Crippen LogP contribution in [0.3, 0.4) is 0 Å². The highest BCUT2D eigenvalue weighted by Gasteiger charge is 2.47. The molecule has 3 amide bonds. The van der Waals surface area contributed by atoms with E-state index in [-0.39, 0.29) is 19.7 Å². The number of carboxylic acid groups (broad SMARTS) is 1. The molecule has 7 nitrogen and oxygen atoms in total. The Kier molecular flexibility index (Phi) is 6.07. The molecule has 2 aliphatic heterocycles. The van der Waals surface area contributed by atoms with Crippen LogP contribution >= 0.6 is 23.2 Å². The maximum absolute atomic E-state index is 13.5. The van der Waals surface area contributed by atoms with Gasteiger partial charge in [0.25, 0.3) is 0 Å². The van der Waals surface area contributed by atoms with E-state index in [2.05, 4.69) is 0 Å². The van der Waals surface area contributed by atoms with Crippen molar-refractivity contribution in [1.82, 2.24) is 9.80 Å². The Morgan fingerprint density at radius 2 is 1.81 bits per heavy atom. The zero-order chi connectivity index (χ0) is 22.1.